The highest BCUT2D eigenvalue weighted by atomic mass is 32.1. The molecule has 3 heteroatoms. The molecule has 0 aliphatic heterocycles. The monoisotopic (exact) mass is 204 g/mol. The van der Waals surface area contributed by atoms with Crippen molar-refractivity contribution in [3.63, 3.8) is 0 Å². The first-order valence-electron chi connectivity index (χ1n) is 4.49. The topological polar surface area (TPSA) is 30.9 Å². The van der Waals surface area contributed by atoms with E-state index in [1.807, 2.05) is 19.3 Å². The van der Waals surface area contributed by atoms with Gasteiger partial charge in [-0.3, -0.25) is 0 Å². The van der Waals surface area contributed by atoms with Gasteiger partial charge in [0.1, 0.15) is 0 Å². The van der Waals surface area contributed by atoms with Crippen LogP contribution in [0.25, 0.3) is 10.9 Å². The number of para-hydroxylation sites is 1. The summed E-state index contributed by atoms with van der Waals surface area (Å²) in [7, 11) is 2.03. The number of nitrogens with zero attached hydrogens (tertiary/aromatic N) is 1. The van der Waals surface area contributed by atoms with Crippen LogP contribution in [0, 0.1) is 0 Å². The maximum atomic E-state index is 5.56. The maximum absolute atomic E-state index is 5.56. The minimum absolute atomic E-state index is 0.540. The Balaban J connectivity index is 2.63. The first kappa shape index (κ1) is 9.21. The molecule has 2 N–H and O–H groups in total. The van der Waals surface area contributed by atoms with Crippen molar-refractivity contribution in [1.82, 2.24) is 4.57 Å². The molecule has 2 aromatic rings. The van der Waals surface area contributed by atoms with Gasteiger partial charge in [0.25, 0.3) is 0 Å². The van der Waals surface area contributed by atoms with Crippen molar-refractivity contribution >= 4 is 28.1 Å². The van der Waals surface area contributed by atoms with E-state index in [1.165, 1.54) is 16.5 Å². The zero-order chi connectivity index (χ0) is 10.1. The molecule has 72 valence electrons. The number of hydrogen-bond acceptors (Lipinski definition) is 1. The van der Waals surface area contributed by atoms with E-state index in [4.69, 9.17) is 18.0 Å². The van der Waals surface area contributed by atoms with Gasteiger partial charge < -0.3 is 10.3 Å². The minimum atomic E-state index is 0.540. The summed E-state index contributed by atoms with van der Waals surface area (Å²) in [5.74, 6) is 0. The number of hydrogen-bond donors (Lipinski definition) is 1. The van der Waals surface area contributed by atoms with Gasteiger partial charge in [0.15, 0.2) is 0 Å². The number of benzene rings is 1. The highest BCUT2D eigenvalue weighted by Gasteiger charge is 2.04. The fourth-order valence-electron chi connectivity index (χ4n) is 1.77. The Bertz CT molecular complexity index is 485. The smallest absolute Gasteiger partial charge is 0.0772 e. The predicted molar refractivity (Wildman–Crippen MR) is 63.4 cm³/mol. The fourth-order valence-corrected chi connectivity index (χ4v) is 1.93. The van der Waals surface area contributed by atoms with E-state index in [0.29, 0.717) is 11.4 Å². The van der Waals surface area contributed by atoms with Gasteiger partial charge >= 0.3 is 0 Å². The number of aromatic nitrogens is 1. The van der Waals surface area contributed by atoms with Crippen LogP contribution in [-0.4, -0.2) is 9.56 Å². The third-order valence-electron chi connectivity index (χ3n) is 2.35. The number of rotatable bonds is 2. The molecule has 0 saturated carbocycles. The number of fused-ring (bicyclic) bond motifs is 1. The zero-order valence-electron chi connectivity index (χ0n) is 8.03. The van der Waals surface area contributed by atoms with Crippen LogP contribution in [-0.2, 0) is 13.5 Å². The van der Waals surface area contributed by atoms with Crippen LogP contribution in [0.5, 0.6) is 0 Å². The molecule has 0 aliphatic rings. The van der Waals surface area contributed by atoms with Gasteiger partial charge in [0, 0.05) is 19.7 Å². The Morgan fingerprint density at radius 3 is 2.93 bits per heavy atom. The second-order valence-electron chi connectivity index (χ2n) is 3.42. The molecule has 2 rings (SSSR count). The zero-order valence-corrected chi connectivity index (χ0v) is 8.84. The van der Waals surface area contributed by atoms with Crippen molar-refractivity contribution in [3.8, 4) is 0 Å². The summed E-state index contributed by atoms with van der Waals surface area (Å²) in [6.45, 7) is 0. The average Bonchev–Trinajstić information content (AvgIpc) is 2.48. The molecular weight excluding hydrogens is 192 g/mol. The highest BCUT2D eigenvalue weighted by molar-refractivity contribution is 7.80. The first-order chi connectivity index (χ1) is 6.68. The van der Waals surface area contributed by atoms with Crippen LogP contribution < -0.4 is 5.73 Å². The van der Waals surface area contributed by atoms with Crippen molar-refractivity contribution in [2.24, 2.45) is 12.8 Å². The predicted octanol–water partition coefficient (Wildman–Crippen LogP) is 2.01. The SMILES string of the molecule is Cn1ccc2cccc(CC(N)=S)c21. The summed E-state index contributed by atoms with van der Waals surface area (Å²) < 4.78 is 2.10. The van der Waals surface area contributed by atoms with E-state index >= 15 is 0 Å². The lowest BCUT2D eigenvalue weighted by atomic mass is 10.1. The van der Waals surface area contributed by atoms with Crippen LogP contribution in [0.1, 0.15) is 5.56 Å². The Morgan fingerprint density at radius 1 is 1.43 bits per heavy atom. The van der Waals surface area contributed by atoms with Crippen LogP contribution >= 0.6 is 12.2 Å². The normalized spacial score (nSPS) is 10.6. The Kier molecular flexibility index (Phi) is 2.25. The molecule has 0 fully saturated rings. The number of aryl methyl sites for hydroxylation is 1. The highest BCUT2D eigenvalue weighted by Crippen LogP contribution is 2.19. The van der Waals surface area contributed by atoms with E-state index in [0.717, 1.165) is 0 Å². The second kappa shape index (κ2) is 3.42. The largest absolute Gasteiger partial charge is 0.393 e. The Labute approximate surface area is 88.3 Å². The molecule has 2 nitrogen and oxygen atoms in total. The van der Waals surface area contributed by atoms with Crippen LogP contribution in [0.15, 0.2) is 30.5 Å². The Morgan fingerprint density at radius 2 is 2.21 bits per heavy atom. The minimum Gasteiger partial charge on any atom is -0.393 e. The van der Waals surface area contributed by atoms with E-state index in [-0.39, 0.29) is 0 Å². The van der Waals surface area contributed by atoms with Crippen molar-refractivity contribution in [1.29, 1.82) is 0 Å². The quantitative estimate of drug-likeness (QED) is 0.759. The van der Waals surface area contributed by atoms with Gasteiger partial charge in [-0.2, -0.15) is 0 Å². The molecule has 0 amide bonds. The van der Waals surface area contributed by atoms with Crippen LogP contribution in [0.4, 0.5) is 0 Å². The summed E-state index contributed by atoms with van der Waals surface area (Å²) in [5.41, 5.74) is 7.98. The molecule has 0 radical (unpaired) electrons. The van der Waals surface area contributed by atoms with Crippen molar-refractivity contribution < 1.29 is 0 Å². The van der Waals surface area contributed by atoms with Gasteiger partial charge in [-0.1, -0.05) is 30.4 Å². The summed E-state index contributed by atoms with van der Waals surface area (Å²) in [6, 6.07) is 8.30. The summed E-state index contributed by atoms with van der Waals surface area (Å²) in [6.07, 6.45) is 2.72. The summed E-state index contributed by atoms with van der Waals surface area (Å²) >= 11 is 4.93. The second-order valence-corrected chi connectivity index (χ2v) is 3.95. The summed E-state index contributed by atoms with van der Waals surface area (Å²) in [5, 5.41) is 1.24. The molecule has 0 spiro atoms. The van der Waals surface area contributed by atoms with Gasteiger partial charge in [0.05, 0.1) is 10.5 Å². The summed E-state index contributed by atoms with van der Waals surface area (Å²) in [4.78, 5) is 0.540. The average molecular weight is 204 g/mol. The molecule has 14 heavy (non-hydrogen) atoms. The van der Waals surface area contributed by atoms with Crippen LogP contribution in [0.2, 0.25) is 0 Å². The van der Waals surface area contributed by atoms with Gasteiger partial charge in [-0.15, -0.1) is 0 Å². The lowest BCUT2D eigenvalue weighted by molar-refractivity contribution is 0.962. The van der Waals surface area contributed by atoms with E-state index in [1.54, 1.807) is 0 Å². The molecule has 0 unspecified atom stereocenters. The molecule has 1 aromatic carbocycles. The van der Waals surface area contributed by atoms with Gasteiger partial charge in [-0.25, -0.2) is 0 Å². The molecule has 1 aromatic heterocycles. The lowest BCUT2D eigenvalue weighted by Crippen LogP contribution is -2.11. The standard InChI is InChI=1S/C11H12N2S/c1-13-6-5-8-3-2-4-9(11(8)13)7-10(12)14/h2-6H,7H2,1H3,(H2,12,14). The van der Waals surface area contributed by atoms with Gasteiger partial charge in [-0.05, 0) is 17.0 Å². The van der Waals surface area contributed by atoms with Crippen molar-refractivity contribution in [2.75, 3.05) is 0 Å². The van der Waals surface area contributed by atoms with Crippen molar-refractivity contribution in [2.45, 2.75) is 6.42 Å². The third kappa shape index (κ3) is 1.51. The van der Waals surface area contributed by atoms with Crippen LogP contribution in [0.3, 0.4) is 0 Å². The van der Waals surface area contributed by atoms with E-state index < -0.39 is 0 Å². The van der Waals surface area contributed by atoms with Gasteiger partial charge in [0.2, 0.25) is 0 Å². The maximum Gasteiger partial charge on any atom is 0.0772 e. The third-order valence-corrected chi connectivity index (χ3v) is 2.49. The lowest BCUT2D eigenvalue weighted by Gasteiger charge is -2.04. The molecule has 1 heterocycles. The molecule has 0 bridgehead atoms. The number of nitrogens with two attached hydrogens (primary N) is 1. The molecule has 0 atom stereocenters. The van der Waals surface area contributed by atoms with Crippen molar-refractivity contribution in [3.05, 3.63) is 36.0 Å². The number of thiocarbonyl (C=S) groups is 1. The molecule has 0 saturated heterocycles. The molecule has 0 aliphatic carbocycles. The first-order valence-corrected chi connectivity index (χ1v) is 4.90. The van der Waals surface area contributed by atoms with E-state index in [2.05, 4.69) is 22.8 Å². The van der Waals surface area contributed by atoms with E-state index in [9.17, 15) is 0 Å². The Hall–Kier alpha value is -1.35. The molecular formula is C11H12N2S. The fraction of sp³-hybridized carbons (Fsp3) is 0.182.